The van der Waals surface area contributed by atoms with Gasteiger partial charge in [0.1, 0.15) is 0 Å². The van der Waals surface area contributed by atoms with Crippen molar-refractivity contribution < 1.29 is 0 Å². The Bertz CT molecular complexity index is 582. The highest BCUT2D eigenvalue weighted by molar-refractivity contribution is 6.35. The highest BCUT2D eigenvalue weighted by Gasteiger charge is 2.03. The zero-order valence-corrected chi connectivity index (χ0v) is 12.2. The average Bonchev–Trinajstić information content (AvgIpc) is 2.37. The molecule has 0 bridgehead atoms. The number of aryl methyl sites for hydroxylation is 1. The van der Waals surface area contributed by atoms with Gasteiger partial charge in [-0.2, -0.15) is 0 Å². The van der Waals surface area contributed by atoms with E-state index in [0.717, 1.165) is 35.5 Å². The molecule has 0 atom stereocenters. The molecule has 2 rings (SSSR count). The zero-order chi connectivity index (χ0) is 13.8. The first-order valence-electron chi connectivity index (χ1n) is 6.11. The van der Waals surface area contributed by atoms with Gasteiger partial charge in [-0.25, -0.2) is 0 Å². The lowest BCUT2D eigenvalue weighted by Gasteiger charge is -2.11. The van der Waals surface area contributed by atoms with Gasteiger partial charge in [-0.3, -0.25) is 0 Å². The summed E-state index contributed by atoms with van der Waals surface area (Å²) in [7, 11) is 0. The third kappa shape index (κ3) is 3.55. The SMILES string of the molecule is Cc1cccc(NCCc2ccc(Cl)cc2Cl)c1N. The van der Waals surface area contributed by atoms with Crippen LogP contribution in [0.1, 0.15) is 11.1 Å². The molecule has 0 heterocycles. The third-order valence-electron chi connectivity index (χ3n) is 3.05. The van der Waals surface area contributed by atoms with Gasteiger partial charge in [0, 0.05) is 16.6 Å². The molecule has 0 spiro atoms. The Morgan fingerprint density at radius 3 is 2.68 bits per heavy atom. The Morgan fingerprint density at radius 1 is 1.16 bits per heavy atom. The number of hydrogen-bond acceptors (Lipinski definition) is 2. The molecular weight excluding hydrogens is 279 g/mol. The van der Waals surface area contributed by atoms with Crippen molar-refractivity contribution in [3.63, 3.8) is 0 Å². The summed E-state index contributed by atoms with van der Waals surface area (Å²) < 4.78 is 0. The van der Waals surface area contributed by atoms with Gasteiger partial charge in [-0.1, -0.05) is 41.4 Å². The molecule has 0 aliphatic carbocycles. The second-order valence-corrected chi connectivity index (χ2v) is 5.29. The summed E-state index contributed by atoms with van der Waals surface area (Å²) in [6.45, 7) is 2.77. The maximum Gasteiger partial charge on any atom is 0.0579 e. The number of nitrogens with one attached hydrogen (secondary N) is 1. The summed E-state index contributed by atoms with van der Waals surface area (Å²) in [4.78, 5) is 0. The standard InChI is InChI=1S/C15H16Cl2N2/c1-10-3-2-4-14(15(10)18)19-8-7-11-5-6-12(16)9-13(11)17/h2-6,9,19H,7-8,18H2,1H3. The van der Waals surface area contributed by atoms with E-state index in [1.54, 1.807) is 6.07 Å². The first kappa shape index (κ1) is 14.0. The fourth-order valence-electron chi connectivity index (χ4n) is 1.89. The van der Waals surface area contributed by atoms with Crippen LogP contribution in [0.25, 0.3) is 0 Å². The number of hydrogen-bond donors (Lipinski definition) is 2. The van der Waals surface area contributed by atoms with Gasteiger partial charge >= 0.3 is 0 Å². The van der Waals surface area contributed by atoms with Crippen molar-refractivity contribution in [3.05, 3.63) is 57.6 Å². The quantitative estimate of drug-likeness (QED) is 0.813. The Balaban J connectivity index is 1.98. The van der Waals surface area contributed by atoms with E-state index < -0.39 is 0 Å². The highest BCUT2D eigenvalue weighted by Crippen LogP contribution is 2.23. The first-order chi connectivity index (χ1) is 9.08. The van der Waals surface area contributed by atoms with Crippen LogP contribution in [-0.2, 0) is 6.42 Å². The lowest BCUT2D eigenvalue weighted by molar-refractivity contribution is 1.02. The van der Waals surface area contributed by atoms with Gasteiger partial charge in [0.05, 0.1) is 11.4 Å². The minimum Gasteiger partial charge on any atom is -0.397 e. The molecule has 2 aromatic rings. The van der Waals surface area contributed by atoms with Gasteiger partial charge in [0.2, 0.25) is 0 Å². The van der Waals surface area contributed by atoms with E-state index in [0.29, 0.717) is 10.0 Å². The lowest BCUT2D eigenvalue weighted by atomic mass is 10.1. The zero-order valence-electron chi connectivity index (χ0n) is 10.7. The predicted molar refractivity (Wildman–Crippen MR) is 84.2 cm³/mol. The van der Waals surface area contributed by atoms with E-state index in [2.05, 4.69) is 5.32 Å². The van der Waals surface area contributed by atoms with Gasteiger partial charge in [-0.05, 0) is 42.7 Å². The van der Waals surface area contributed by atoms with Gasteiger partial charge in [-0.15, -0.1) is 0 Å². The van der Waals surface area contributed by atoms with E-state index in [1.165, 1.54) is 0 Å². The van der Waals surface area contributed by atoms with Crippen LogP contribution in [0.15, 0.2) is 36.4 Å². The third-order valence-corrected chi connectivity index (χ3v) is 3.64. The van der Waals surface area contributed by atoms with E-state index in [-0.39, 0.29) is 0 Å². The molecule has 0 saturated carbocycles. The summed E-state index contributed by atoms with van der Waals surface area (Å²) in [5.74, 6) is 0. The molecule has 0 aliphatic heterocycles. The predicted octanol–water partition coefficient (Wildman–Crippen LogP) is 4.54. The number of nitrogens with two attached hydrogens (primary N) is 1. The van der Waals surface area contributed by atoms with Gasteiger partial charge in [0.15, 0.2) is 0 Å². The minimum absolute atomic E-state index is 0.657. The van der Waals surface area contributed by atoms with Crippen LogP contribution in [0.5, 0.6) is 0 Å². The molecule has 0 radical (unpaired) electrons. The minimum atomic E-state index is 0.657. The molecule has 3 N–H and O–H groups in total. The lowest BCUT2D eigenvalue weighted by Crippen LogP contribution is -2.07. The Labute approximate surface area is 123 Å². The molecule has 19 heavy (non-hydrogen) atoms. The normalized spacial score (nSPS) is 10.5. The van der Waals surface area contributed by atoms with Crippen LogP contribution < -0.4 is 11.1 Å². The second-order valence-electron chi connectivity index (χ2n) is 4.45. The van der Waals surface area contributed by atoms with Crippen LogP contribution in [-0.4, -0.2) is 6.54 Å². The van der Waals surface area contributed by atoms with Crippen LogP contribution in [0.4, 0.5) is 11.4 Å². The van der Waals surface area contributed by atoms with Crippen molar-refractivity contribution in [1.29, 1.82) is 0 Å². The summed E-state index contributed by atoms with van der Waals surface area (Å²) in [5.41, 5.74) is 9.92. The van der Waals surface area contributed by atoms with Crippen molar-refractivity contribution in [2.24, 2.45) is 0 Å². The fraction of sp³-hybridized carbons (Fsp3) is 0.200. The molecule has 4 heteroatoms. The Morgan fingerprint density at radius 2 is 1.95 bits per heavy atom. The fourth-order valence-corrected chi connectivity index (χ4v) is 2.39. The Hall–Kier alpha value is -1.38. The molecular formula is C15H16Cl2N2. The van der Waals surface area contributed by atoms with Crippen molar-refractivity contribution in [3.8, 4) is 0 Å². The molecule has 0 fully saturated rings. The molecule has 0 aliphatic rings. The van der Waals surface area contributed by atoms with E-state index in [4.69, 9.17) is 28.9 Å². The van der Waals surface area contributed by atoms with Gasteiger partial charge < -0.3 is 11.1 Å². The first-order valence-corrected chi connectivity index (χ1v) is 6.86. The smallest absolute Gasteiger partial charge is 0.0579 e. The van der Waals surface area contributed by atoms with Crippen LogP contribution >= 0.6 is 23.2 Å². The maximum atomic E-state index is 6.13. The molecule has 2 nitrogen and oxygen atoms in total. The monoisotopic (exact) mass is 294 g/mol. The van der Waals surface area contributed by atoms with Crippen molar-refractivity contribution in [2.75, 3.05) is 17.6 Å². The summed E-state index contributed by atoms with van der Waals surface area (Å²) in [5, 5.41) is 4.68. The largest absolute Gasteiger partial charge is 0.397 e. The number of rotatable bonds is 4. The number of anilines is 2. The highest BCUT2D eigenvalue weighted by atomic mass is 35.5. The summed E-state index contributed by atoms with van der Waals surface area (Å²) >= 11 is 12.0. The van der Waals surface area contributed by atoms with E-state index in [9.17, 15) is 0 Å². The van der Waals surface area contributed by atoms with Crippen molar-refractivity contribution >= 4 is 34.6 Å². The van der Waals surface area contributed by atoms with E-state index in [1.807, 2.05) is 37.3 Å². The maximum absolute atomic E-state index is 6.13. The molecule has 0 saturated heterocycles. The molecule has 2 aromatic carbocycles. The van der Waals surface area contributed by atoms with Crippen LogP contribution in [0.2, 0.25) is 10.0 Å². The van der Waals surface area contributed by atoms with Crippen LogP contribution in [0.3, 0.4) is 0 Å². The molecule has 100 valence electrons. The molecule has 0 unspecified atom stereocenters. The van der Waals surface area contributed by atoms with Crippen LogP contribution in [0, 0.1) is 6.92 Å². The average molecular weight is 295 g/mol. The second kappa shape index (κ2) is 6.18. The number of para-hydroxylation sites is 1. The van der Waals surface area contributed by atoms with E-state index >= 15 is 0 Å². The number of nitrogen functional groups attached to an aromatic ring is 1. The number of benzene rings is 2. The van der Waals surface area contributed by atoms with Crippen molar-refractivity contribution in [1.82, 2.24) is 0 Å². The number of halogens is 2. The summed E-state index contributed by atoms with van der Waals surface area (Å²) in [6, 6.07) is 11.5. The molecule has 0 amide bonds. The molecule has 0 aromatic heterocycles. The van der Waals surface area contributed by atoms with Crippen molar-refractivity contribution in [2.45, 2.75) is 13.3 Å². The topological polar surface area (TPSA) is 38.0 Å². The Kier molecular flexibility index (Phi) is 4.56. The van der Waals surface area contributed by atoms with Gasteiger partial charge in [0.25, 0.3) is 0 Å². The summed E-state index contributed by atoms with van der Waals surface area (Å²) in [6.07, 6.45) is 0.823.